The molecule has 1 aromatic carbocycles. The number of anilines is 1. The molecule has 0 saturated carbocycles. The summed E-state index contributed by atoms with van der Waals surface area (Å²) in [6, 6.07) is 7.76. The second-order valence-electron chi connectivity index (χ2n) is 4.17. The van der Waals surface area contributed by atoms with Crippen LogP contribution in [-0.2, 0) is 4.74 Å². The highest BCUT2D eigenvalue weighted by Gasteiger charge is 2.14. The van der Waals surface area contributed by atoms with Gasteiger partial charge in [-0.2, -0.15) is 5.10 Å². The summed E-state index contributed by atoms with van der Waals surface area (Å²) in [7, 11) is 3.92. The predicted molar refractivity (Wildman–Crippen MR) is 72.1 cm³/mol. The molecule has 0 fully saturated rings. The van der Waals surface area contributed by atoms with Gasteiger partial charge in [-0.3, -0.25) is 5.10 Å². The normalized spacial score (nSPS) is 10.3. The van der Waals surface area contributed by atoms with E-state index in [-0.39, 0.29) is 5.82 Å². The van der Waals surface area contributed by atoms with Crippen molar-refractivity contribution in [3.8, 4) is 11.4 Å². The van der Waals surface area contributed by atoms with Gasteiger partial charge >= 0.3 is 5.97 Å². The lowest BCUT2D eigenvalue weighted by Crippen LogP contribution is -2.08. The third-order valence-electron chi connectivity index (χ3n) is 2.57. The van der Waals surface area contributed by atoms with E-state index in [0.29, 0.717) is 12.4 Å². The number of carbonyl (C=O) groups is 1. The van der Waals surface area contributed by atoms with Crippen LogP contribution in [0, 0.1) is 0 Å². The van der Waals surface area contributed by atoms with E-state index in [1.165, 1.54) is 0 Å². The second kappa shape index (κ2) is 5.51. The second-order valence-corrected chi connectivity index (χ2v) is 4.17. The molecule has 2 rings (SSSR count). The van der Waals surface area contributed by atoms with Crippen LogP contribution in [0.5, 0.6) is 0 Å². The van der Waals surface area contributed by atoms with Crippen molar-refractivity contribution in [2.45, 2.75) is 6.92 Å². The Hall–Kier alpha value is -2.37. The maximum absolute atomic E-state index is 11.5. The Balaban J connectivity index is 2.27. The Morgan fingerprint density at radius 1 is 1.42 bits per heavy atom. The molecule has 1 heterocycles. The van der Waals surface area contributed by atoms with Crippen molar-refractivity contribution in [3.05, 3.63) is 30.1 Å². The van der Waals surface area contributed by atoms with Gasteiger partial charge in [-0.15, -0.1) is 0 Å². The molecule has 0 aliphatic rings. The number of aromatic nitrogens is 3. The zero-order valence-corrected chi connectivity index (χ0v) is 11.2. The molecule has 0 unspecified atom stereocenters. The highest BCUT2D eigenvalue weighted by atomic mass is 16.5. The molecule has 1 aromatic heterocycles. The monoisotopic (exact) mass is 260 g/mol. The number of rotatable bonds is 4. The molecule has 1 N–H and O–H groups in total. The van der Waals surface area contributed by atoms with Crippen LogP contribution in [0.15, 0.2) is 24.3 Å². The molecule has 0 bridgehead atoms. The molecular weight excluding hydrogens is 244 g/mol. The fraction of sp³-hybridized carbons (Fsp3) is 0.308. The van der Waals surface area contributed by atoms with Gasteiger partial charge in [0, 0.05) is 25.3 Å². The van der Waals surface area contributed by atoms with Gasteiger partial charge in [0.25, 0.3) is 0 Å². The number of nitrogens with one attached hydrogen (secondary N) is 1. The summed E-state index contributed by atoms with van der Waals surface area (Å²) in [5.74, 6) is 0.101. The number of hydrogen-bond acceptors (Lipinski definition) is 5. The molecule has 0 aliphatic heterocycles. The summed E-state index contributed by atoms with van der Waals surface area (Å²) >= 11 is 0. The molecule has 6 heteroatoms. The van der Waals surface area contributed by atoms with Gasteiger partial charge in [-0.25, -0.2) is 9.78 Å². The maximum Gasteiger partial charge on any atom is 0.375 e. The number of esters is 1. The molecule has 6 nitrogen and oxygen atoms in total. The van der Waals surface area contributed by atoms with Gasteiger partial charge < -0.3 is 9.64 Å². The minimum Gasteiger partial charge on any atom is -0.460 e. The third kappa shape index (κ3) is 2.90. The molecule has 0 saturated heterocycles. The fourth-order valence-corrected chi connectivity index (χ4v) is 1.60. The summed E-state index contributed by atoms with van der Waals surface area (Å²) in [6.45, 7) is 2.06. The van der Waals surface area contributed by atoms with Gasteiger partial charge in [0.2, 0.25) is 5.82 Å². The van der Waals surface area contributed by atoms with Gasteiger partial charge in [0.05, 0.1) is 6.61 Å². The molecule has 100 valence electrons. The average Bonchev–Trinajstić information content (AvgIpc) is 2.89. The predicted octanol–water partition coefficient (Wildman–Crippen LogP) is 1.71. The lowest BCUT2D eigenvalue weighted by molar-refractivity contribution is 0.0512. The van der Waals surface area contributed by atoms with Crippen LogP contribution < -0.4 is 4.90 Å². The van der Waals surface area contributed by atoms with Crippen LogP contribution in [0.1, 0.15) is 17.5 Å². The number of aromatic amines is 1. The minimum atomic E-state index is -0.495. The Labute approximate surface area is 111 Å². The van der Waals surface area contributed by atoms with Gasteiger partial charge in [-0.1, -0.05) is 12.1 Å². The summed E-state index contributed by atoms with van der Waals surface area (Å²) in [6.07, 6.45) is 0. The summed E-state index contributed by atoms with van der Waals surface area (Å²) in [5.41, 5.74) is 1.89. The first-order valence-corrected chi connectivity index (χ1v) is 5.99. The molecule has 0 atom stereocenters. The van der Waals surface area contributed by atoms with Crippen LogP contribution in [0.25, 0.3) is 11.4 Å². The van der Waals surface area contributed by atoms with E-state index < -0.39 is 5.97 Å². The lowest BCUT2D eigenvalue weighted by Gasteiger charge is -2.12. The minimum absolute atomic E-state index is 0.118. The van der Waals surface area contributed by atoms with E-state index in [0.717, 1.165) is 11.3 Å². The number of benzene rings is 1. The average molecular weight is 260 g/mol. The van der Waals surface area contributed by atoms with E-state index in [2.05, 4.69) is 15.2 Å². The van der Waals surface area contributed by atoms with Crippen molar-refractivity contribution in [2.75, 3.05) is 25.6 Å². The zero-order chi connectivity index (χ0) is 13.8. The highest BCUT2D eigenvalue weighted by molar-refractivity contribution is 5.85. The Morgan fingerprint density at radius 3 is 2.89 bits per heavy atom. The molecule has 0 radical (unpaired) electrons. The first kappa shape index (κ1) is 13.1. The topological polar surface area (TPSA) is 71.1 Å². The quantitative estimate of drug-likeness (QED) is 0.847. The first-order valence-electron chi connectivity index (χ1n) is 5.99. The van der Waals surface area contributed by atoms with E-state index in [4.69, 9.17) is 4.74 Å². The third-order valence-corrected chi connectivity index (χ3v) is 2.57. The van der Waals surface area contributed by atoms with E-state index in [1.54, 1.807) is 6.92 Å². The number of carbonyl (C=O) groups excluding carboxylic acids is 1. The van der Waals surface area contributed by atoms with E-state index in [1.807, 2.05) is 43.3 Å². The van der Waals surface area contributed by atoms with Crippen molar-refractivity contribution < 1.29 is 9.53 Å². The van der Waals surface area contributed by atoms with Crippen molar-refractivity contribution in [2.24, 2.45) is 0 Å². The number of hydrogen-bond donors (Lipinski definition) is 1. The van der Waals surface area contributed by atoms with Gasteiger partial charge in [0.15, 0.2) is 5.82 Å². The van der Waals surface area contributed by atoms with Crippen LogP contribution in [0.2, 0.25) is 0 Å². The SMILES string of the molecule is CCOC(=O)c1nc(-c2cccc(N(C)C)c2)n[nH]1. The van der Waals surface area contributed by atoms with Crippen molar-refractivity contribution >= 4 is 11.7 Å². The molecule has 0 aliphatic carbocycles. The zero-order valence-electron chi connectivity index (χ0n) is 11.2. The molecule has 0 amide bonds. The molecule has 0 spiro atoms. The standard InChI is InChI=1S/C13H16N4O2/c1-4-19-13(18)12-14-11(15-16-12)9-6-5-7-10(8-9)17(2)3/h5-8H,4H2,1-3H3,(H,14,15,16). The van der Waals surface area contributed by atoms with Crippen molar-refractivity contribution in [3.63, 3.8) is 0 Å². The largest absolute Gasteiger partial charge is 0.460 e. The number of nitrogens with zero attached hydrogens (tertiary/aromatic N) is 3. The Kier molecular flexibility index (Phi) is 3.79. The van der Waals surface area contributed by atoms with Crippen LogP contribution >= 0.6 is 0 Å². The Morgan fingerprint density at radius 2 is 2.21 bits per heavy atom. The molecule has 19 heavy (non-hydrogen) atoms. The number of ether oxygens (including phenoxy) is 1. The fourth-order valence-electron chi connectivity index (χ4n) is 1.60. The van der Waals surface area contributed by atoms with Gasteiger partial charge in [-0.05, 0) is 19.1 Å². The first-order chi connectivity index (χ1) is 9.11. The maximum atomic E-state index is 11.5. The van der Waals surface area contributed by atoms with Crippen molar-refractivity contribution in [1.29, 1.82) is 0 Å². The van der Waals surface area contributed by atoms with E-state index in [9.17, 15) is 4.79 Å². The van der Waals surface area contributed by atoms with Crippen LogP contribution in [0.3, 0.4) is 0 Å². The summed E-state index contributed by atoms with van der Waals surface area (Å²) in [4.78, 5) is 17.6. The lowest BCUT2D eigenvalue weighted by atomic mass is 10.2. The Bertz CT molecular complexity index is 578. The van der Waals surface area contributed by atoms with Crippen LogP contribution in [-0.4, -0.2) is 41.9 Å². The highest BCUT2D eigenvalue weighted by Crippen LogP contribution is 2.20. The van der Waals surface area contributed by atoms with Gasteiger partial charge in [0.1, 0.15) is 0 Å². The smallest absolute Gasteiger partial charge is 0.375 e. The van der Waals surface area contributed by atoms with E-state index >= 15 is 0 Å². The molecule has 2 aromatic rings. The van der Waals surface area contributed by atoms with Crippen molar-refractivity contribution in [1.82, 2.24) is 15.2 Å². The summed E-state index contributed by atoms with van der Waals surface area (Å²) in [5, 5.41) is 6.62. The summed E-state index contributed by atoms with van der Waals surface area (Å²) < 4.78 is 4.86. The molecular formula is C13H16N4O2. The van der Waals surface area contributed by atoms with Crippen LogP contribution in [0.4, 0.5) is 5.69 Å². The number of H-pyrrole nitrogens is 1.